The zero-order valence-corrected chi connectivity index (χ0v) is 8.00. The Balaban J connectivity index is 2.38. The van der Waals surface area contributed by atoms with Crippen molar-refractivity contribution < 1.29 is 14.3 Å². The van der Waals surface area contributed by atoms with Gasteiger partial charge in [-0.15, -0.1) is 5.73 Å². The van der Waals surface area contributed by atoms with Crippen molar-refractivity contribution in [1.29, 1.82) is 0 Å². The summed E-state index contributed by atoms with van der Waals surface area (Å²) in [5, 5.41) is 0. The van der Waals surface area contributed by atoms with Gasteiger partial charge in [-0.25, -0.2) is 4.79 Å². The summed E-state index contributed by atoms with van der Waals surface area (Å²) in [6.07, 6.45) is 2.50. The molecule has 1 saturated heterocycles. The van der Waals surface area contributed by atoms with Crippen LogP contribution in [0.1, 0.15) is 20.3 Å². The van der Waals surface area contributed by atoms with Gasteiger partial charge in [0.25, 0.3) is 0 Å². The predicted molar refractivity (Wildman–Crippen MR) is 48.3 cm³/mol. The molecule has 1 unspecified atom stereocenters. The molecule has 3 nitrogen and oxygen atoms in total. The highest BCUT2D eigenvalue weighted by Gasteiger charge is 2.24. The Morgan fingerprint density at radius 2 is 2.46 bits per heavy atom. The Morgan fingerprint density at radius 1 is 1.77 bits per heavy atom. The third kappa shape index (κ3) is 3.45. The van der Waals surface area contributed by atoms with E-state index in [1.54, 1.807) is 6.08 Å². The molecule has 0 spiro atoms. The standard InChI is InChI=1S/C10H14O3/c1-3-5-8(4-2)10(11)13-7-9-6-12-9/h3,9H,4,6-7H2,1-2H3. The summed E-state index contributed by atoms with van der Waals surface area (Å²) in [6, 6.07) is 0. The van der Waals surface area contributed by atoms with Gasteiger partial charge < -0.3 is 9.47 Å². The second-order valence-electron chi connectivity index (χ2n) is 2.82. The number of epoxide rings is 1. The molecule has 1 fully saturated rings. The summed E-state index contributed by atoms with van der Waals surface area (Å²) in [5.41, 5.74) is 3.44. The summed E-state index contributed by atoms with van der Waals surface area (Å²) in [6.45, 7) is 4.81. The van der Waals surface area contributed by atoms with Crippen LogP contribution < -0.4 is 0 Å². The highest BCUT2D eigenvalue weighted by molar-refractivity contribution is 5.88. The van der Waals surface area contributed by atoms with Crippen LogP contribution in [0.5, 0.6) is 0 Å². The first-order valence-electron chi connectivity index (χ1n) is 4.46. The number of carbonyl (C=O) groups excluding carboxylic acids is 1. The van der Waals surface area contributed by atoms with E-state index in [1.807, 2.05) is 13.8 Å². The lowest BCUT2D eigenvalue weighted by Crippen LogP contribution is -2.11. The molecule has 13 heavy (non-hydrogen) atoms. The highest BCUT2D eigenvalue weighted by Crippen LogP contribution is 2.10. The summed E-state index contributed by atoms with van der Waals surface area (Å²) in [7, 11) is 0. The minimum Gasteiger partial charge on any atom is -0.459 e. The van der Waals surface area contributed by atoms with Gasteiger partial charge in [0.05, 0.1) is 12.2 Å². The van der Waals surface area contributed by atoms with Crippen LogP contribution in [0.2, 0.25) is 0 Å². The Hall–Kier alpha value is -1.05. The average Bonchev–Trinajstić information content (AvgIpc) is 2.93. The van der Waals surface area contributed by atoms with E-state index in [-0.39, 0.29) is 12.1 Å². The van der Waals surface area contributed by atoms with E-state index in [2.05, 4.69) is 5.73 Å². The fraction of sp³-hybridized carbons (Fsp3) is 0.600. The van der Waals surface area contributed by atoms with Crippen molar-refractivity contribution in [2.24, 2.45) is 0 Å². The van der Waals surface area contributed by atoms with Crippen molar-refractivity contribution in [2.75, 3.05) is 13.2 Å². The van der Waals surface area contributed by atoms with Crippen molar-refractivity contribution in [1.82, 2.24) is 0 Å². The Morgan fingerprint density at radius 3 is 2.92 bits per heavy atom. The zero-order valence-electron chi connectivity index (χ0n) is 8.00. The van der Waals surface area contributed by atoms with Crippen LogP contribution in [0.3, 0.4) is 0 Å². The molecule has 1 atom stereocenters. The summed E-state index contributed by atoms with van der Waals surface area (Å²) in [5.74, 6) is -0.281. The van der Waals surface area contributed by atoms with Crippen molar-refractivity contribution in [3.8, 4) is 0 Å². The molecule has 0 saturated carbocycles. The van der Waals surface area contributed by atoms with E-state index in [0.29, 0.717) is 25.2 Å². The molecule has 1 aliphatic heterocycles. The van der Waals surface area contributed by atoms with Gasteiger partial charge in [0, 0.05) is 0 Å². The Labute approximate surface area is 78.0 Å². The average molecular weight is 182 g/mol. The molecule has 0 aliphatic carbocycles. The molecule has 0 aromatic heterocycles. The maximum absolute atomic E-state index is 11.3. The smallest absolute Gasteiger partial charge is 0.341 e. The highest BCUT2D eigenvalue weighted by atomic mass is 16.6. The molecule has 0 aromatic rings. The van der Waals surface area contributed by atoms with E-state index in [0.717, 1.165) is 0 Å². The molecule has 1 rings (SSSR count). The van der Waals surface area contributed by atoms with Crippen LogP contribution >= 0.6 is 0 Å². The van der Waals surface area contributed by atoms with Gasteiger partial charge in [0.1, 0.15) is 12.7 Å². The maximum Gasteiger partial charge on any atom is 0.341 e. The van der Waals surface area contributed by atoms with E-state index < -0.39 is 0 Å². The molecule has 72 valence electrons. The van der Waals surface area contributed by atoms with Gasteiger partial charge in [-0.05, 0) is 19.4 Å². The van der Waals surface area contributed by atoms with Crippen LogP contribution in [-0.4, -0.2) is 25.3 Å². The molecular weight excluding hydrogens is 168 g/mol. The van der Waals surface area contributed by atoms with Gasteiger partial charge in [0.2, 0.25) is 0 Å². The zero-order chi connectivity index (χ0) is 9.68. The number of rotatable bonds is 4. The predicted octanol–water partition coefficient (Wildman–Crippen LogP) is 1.44. The minimum atomic E-state index is -0.281. The van der Waals surface area contributed by atoms with Crippen molar-refractivity contribution in [2.45, 2.75) is 26.4 Å². The molecule has 0 bridgehead atoms. The fourth-order valence-electron chi connectivity index (χ4n) is 0.900. The van der Waals surface area contributed by atoms with Gasteiger partial charge >= 0.3 is 5.97 Å². The molecule has 1 aliphatic rings. The lowest BCUT2D eigenvalue weighted by molar-refractivity contribution is -0.139. The summed E-state index contributed by atoms with van der Waals surface area (Å²) < 4.78 is 9.91. The second kappa shape index (κ2) is 4.85. The third-order valence-electron chi connectivity index (χ3n) is 1.72. The fourth-order valence-corrected chi connectivity index (χ4v) is 0.900. The van der Waals surface area contributed by atoms with Gasteiger partial charge in [-0.3, -0.25) is 0 Å². The van der Waals surface area contributed by atoms with Crippen LogP contribution in [0, 0.1) is 0 Å². The quantitative estimate of drug-likeness (QED) is 0.286. The van der Waals surface area contributed by atoms with Crippen molar-refractivity contribution >= 4 is 5.97 Å². The first-order chi connectivity index (χ1) is 6.27. The van der Waals surface area contributed by atoms with E-state index in [4.69, 9.17) is 9.47 Å². The first kappa shape index (κ1) is 10.0. The number of ether oxygens (including phenoxy) is 2. The van der Waals surface area contributed by atoms with Crippen LogP contribution in [0.25, 0.3) is 0 Å². The number of hydrogen-bond donors (Lipinski definition) is 0. The van der Waals surface area contributed by atoms with Crippen LogP contribution in [-0.2, 0) is 14.3 Å². The largest absolute Gasteiger partial charge is 0.459 e. The van der Waals surface area contributed by atoms with Gasteiger partial charge in [0.15, 0.2) is 0 Å². The topological polar surface area (TPSA) is 38.8 Å². The molecule has 0 radical (unpaired) electrons. The number of esters is 1. The normalized spacial score (nSPS) is 18.8. The maximum atomic E-state index is 11.3. The molecule has 1 heterocycles. The monoisotopic (exact) mass is 182 g/mol. The Bertz CT molecular complexity index is 245. The van der Waals surface area contributed by atoms with Crippen molar-refractivity contribution in [3.05, 3.63) is 17.4 Å². The van der Waals surface area contributed by atoms with Gasteiger partial charge in [-0.2, -0.15) is 0 Å². The SMILES string of the molecule is CC=C=C(CC)C(=O)OCC1CO1. The Kier molecular flexibility index (Phi) is 3.74. The number of hydrogen-bond acceptors (Lipinski definition) is 3. The molecule has 0 amide bonds. The van der Waals surface area contributed by atoms with E-state index in [9.17, 15) is 4.79 Å². The lowest BCUT2D eigenvalue weighted by atomic mass is 10.2. The van der Waals surface area contributed by atoms with E-state index in [1.165, 1.54) is 0 Å². The van der Waals surface area contributed by atoms with Crippen LogP contribution in [0.15, 0.2) is 17.4 Å². The molecule has 3 heteroatoms. The molecule has 0 N–H and O–H groups in total. The van der Waals surface area contributed by atoms with Crippen LogP contribution in [0.4, 0.5) is 0 Å². The molecular formula is C10H14O3. The van der Waals surface area contributed by atoms with Crippen molar-refractivity contribution in [3.63, 3.8) is 0 Å². The third-order valence-corrected chi connectivity index (χ3v) is 1.72. The number of carbonyl (C=O) groups is 1. The summed E-state index contributed by atoms with van der Waals surface area (Å²) in [4.78, 5) is 11.3. The summed E-state index contributed by atoms with van der Waals surface area (Å²) >= 11 is 0. The second-order valence-corrected chi connectivity index (χ2v) is 2.82. The van der Waals surface area contributed by atoms with Gasteiger partial charge in [-0.1, -0.05) is 6.92 Å². The minimum absolute atomic E-state index is 0.132. The molecule has 0 aromatic carbocycles. The first-order valence-corrected chi connectivity index (χ1v) is 4.46. The van der Waals surface area contributed by atoms with E-state index >= 15 is 0 Å². The lowest BCUT2D eigenvalue weighted by Gasteiger charge is -2.01.